The second kappa shape index (κ2) is 5.07. The van der Waals surface area contributed by atoms with Crippen LogP contribution in [0.15, 0.2) is 35.2 Å². The molecule has 0 spiro atoms. The lowest BCUT2D eigenvalue weighted by molar-refractivity contribution is -0.120. The van der Waals surface area contributed by atoms with Crippen LogP contribution in [0.5, 0.6) is 0 Å². The van der Waals surface area contributed by atoms with Gasteiger partial charge in [0.1, 0.15) is 0 Å². The Kier molecular flexibility index (Phi) is 3.70. The number of sulfonamides is 1. The second-order valence-electron chi connectivity index (χ2n) is 3.55. The molecule has 2 rings (SSSR count). The van der Waals surface area contributed by atoms with Gasteiger partial charge in [-0.1, -0.05) is 18.2 Å². The van der Waals surface area contributed by atoms with Crippen molar-refractivity contribution in [2.75, 3.05) is 11.6 Å². The minimum atomic E-state index is -3.75. The molecule has 0 aliphatic carbocycles. The summed E-state index contributed by atoms with van der Waals surface area (Å²) in [4.78, 5) is 11.8. The van der Waals surface area contributed by atoms with Gasteiger partial charge in [0.05, 0.1) is 10.9 Å². The molecule has 1 amide bonds. The molecule has 5 nitrogen and oxygen atoms in total. The summed E-state index contributed by atoms with van der Waals surface area (Å²) >= 11 is 1.57. The predicted molar refractivity (Wildman–Crippen MR) is 66.0 cm³/mol. The topological polar surface area (TPSA) is 75.3 Å². The standard InChI is InChI=1S/C10H12N2O3S2/c13-10(9-6-16-7-11-9)12-17(14,15)8-4-2-1-3-5-8/h1-5,9,11H,6-7H2,(H,12,13). The van der Waals surface area contributed by atoms with Gasteiger partial charge in [0.25, 0.3) is 15.9 Å². The molecule has 1 atom stereocenters. The first-order valence-electron chi connectivity index (χ1n) is 5.02. The summed E-state index contributed by atoms with van der Waals surface area (Å²) in [5.74, 6) is 0.762. The van der Waals surface area contributed by atoms with E-state index in [1.807, 2.05) is 0 Å². The minimum absolute atomic E-state index is 0.0963. The van der Waals surface area contributed by atoms with E-state index in [0.717, 1.165) is 0 Å². The van der Waals surface area contributed by atoms with Gasteiger partial charge in [-0.05, 0) is 12.1 Å². The van der Waals surface area contributed by atoms with Crippen LogP contribution in [-0.2, 0) is 14.8 Å². The van der Waals surface area contributed by atoms with E-state index in [-0.39, 0.29) is 4.90 Å². The minimum Gasteiger partial charge on any atom is -0.296 e. The Morgan fingerprint density at radius 3 is 2.65 bits per heavy atom. The largest absolute Gasteiger partial charge is 0.296 e. The first-order chi connectivity index (χ1) is 8.09. The van der Waals surface area contributed by atoms with Crippen molar-refractivity contribution < 1.29 is 13.2 Å². The van der Waals surface area contributed by atoms with Crippen molar-refractivity contribution in [2.24, 2.45) is 0 Å². The summed E-state index contributed by atoms with van der Waals surface area (Å²) in [6, 6.07) is 7.42. The van der Waals surface area contributed by atoms with Crippen LogP contribution in [0.25, 0.3) is 0 Å². The van der Waals surface area contributed by atoms with Crippen LogP contribution in [0.1, 0.15) is 0 Å². The Labute approximate surface area is 104 Å². The molecule has 1 aromatic carbocycles. The molecule has 0 saturated carbocycles. The normalized spacial score (nSPS) is 20.1. The van der Waals surface area contributed by atoms with Crippen LogP contribution in [0, 0.1) is 0 Å². The van der Waals surface area contributed by atoms with Crippen molar-refractivity contribution in [3.63, 3.8) is 0 Å². The molecule has 17 heavy (non-hydrogen) atoms. The van der Waals surface area contributed by atoms with Gasteiger partial charge in [-0.2, -0.15) is 0 Å². The van der Waals surface area contributed by atoms with Crippen LogP contribution in [0.4, 0.5) is 0 Å². The lowest BCUT2D eigenvalue weighted by Gasteiger charge is -2.10. The maximum atomic E-state index is 11.8. The number of amides is 1. The Balaban J connectivity index is 2.10. The van der Waals surface area contributed by atoms with Crippen molar-refractivity contribution in [1.29, 1.82) is 0 Å². The van der Waals surface area contributed by atoms with E-state index in [1.54, 1.807) is 30.0 Å². The molecule has 1 saturated heterocycles. The first-order valence-corrected chi connectivity index (χ1v) is 7.66. The van der Waals surface area contributed by atoms with Crippen molar-refractivity contribution in [3.8, 4) is 0 Å². The highest BCUT2D eigenvalue weighted by Gasteiger charge is 2.26. The zero-order valence-corrected chi connectivity index (χ0v) is 10.6. The number of benzene rings is 1. The highest BCUT2D eigenvalue weighted by Crippen LogP contribution is 2.11. The van der Waals surface area contributed by atoms with E-state index >= 15 is 0 Å². The maximum Gasteiger partial charge on any atom is 0.264 e. The van der Waals surface area contributed by atoms with Gasteiger partial charge >= 0.3 is 0 Å². The molecule has 7 heteroatoms. The smallest absolute Gasteiger partial charge is 0.264 e. The van der Waals surface area contributed by atoms with E-state index in [9.17, 15) is 13.2 Å². The van der Waals surface area contributed by atoms with Gasteiger partial charge in [0.15, 0.2) is 0 Å². The molecule has 1 aliphatic heterocycles. The quantitative estimate of drug-likeness (QED) is 0.819. The molecule has 0 aromatic heterocycles. The zero-order chi connectivity index (χ0) is 12.3. The van der Waals surface area contributed by atoms with Crippen molar-refractivity contribution in [2.45, 2.75) is 10.9 Å². The van der Waals surface area contributed by atoms with Crippen LogP contribution in [0.3, 0.4) is 0 Å². The maximum absolute atomic E-state index is 11.8. The van der Waals surface area contributed by atoms with Gasteiger partial charge in [-0.25, -0.2) is 13.1 Å². The molecule has 92 valence electrons. The molecule has 1 heterocycles. The van der Waals surface area contributed by atoms with Crippen LogP contribution in [-0.4, -0.2) is 32.0 Å². The summed E-state index contributed by atoms with van der Waals surface area (Å²) in [5, 5.41) is 2.92. The fourth-order valence-electron chi connectivity index (χ4n) is 1.43. The number of hydrogen-bond donors (Lipinski definition) is 2. The van der Waals surface area contributed by atoms with E-state index in [4.69, 9.17) is 0 Å². The van der Waals surface area contributed by atoms with Gasteiger partial charge in [-0.3, -0.25) is 10.1 Å². The molecule has 2 N–H and O–H groups in total. The number of carbonyl (C=O) groups is 1. The molecule has 1 aromatic rings. The van der Waals surface area contributed by atoms with Crippen molar-refractivity contribution >= 4 is 27.7 Å². The van der Waals surface area contributed by atoms with Gasteiger partial charge in [-0.15, -0.1) is 11.8 Å². The van der Waals surface area contributed by atoms with E-state index in [0.29, 0.717) is 11.6 Å². The Morgan fingerprint density at radius 2 is 2.06 bits per heavy atom. The molecule has 0 radical (unpaired) electrons. The van der Waals surface area contributed by atoms with Gasteiger partial charge in [0.2, 0.25) is 0 Å². The number of rotatable bonds is 3. The molecular weight excluding hydrogens is 260 g/mol. The monoisotopic (exact) mass is 272 g/mol. The molecule has 1 fully saturated rings. The third-order valence-corrected chi connectivity index (χ3v) is 4.62. The van der Waals surface area contributed by atoms with Crippen LogP contribution < -0.4 is 10.0 Å². The Hall–Kier alpha value is -1.05. The molecule has 1 unspecified atom stereocenters. The summed E-state index contributed by atoms with van der Waals surface area (Å²) < 4.78 is 25.7. The third kappa shape index (κ3) is 2.99. The van der Waals surface area contributed by atoms with E-state index in [2.05, 4.69) is 10.0 Å². The van der Waals surface area contributed by atoms with E-state index in [1.165, 1.54) is 12.1 Å². The summed E-state index contributed by atoms with van der Waals surface area (Å²) in [6.45, 7) is 0. The lowest BCUT2D eigenvalue weighted by atomic mass is 10.3. The summed E-state index contributed by atoms with van der Waals surface area (Å²) in [6.07, 6.45) is 0. The van der Waals surface area contributed by atoms with Crippen LogP contribution in [0.2, 0.25) is 0 Å². The average Bonchev–Trinajstić information content (AvgIpc) is 2.83. The van der Waals surface area contributed by atoms with Crippen LogP contribution >= 0.6 is 11.8 Å². The number of nitrogens with one attached hydrogen (secondary N) is 2. The average molecular weight is 272 g/mol. The molecule has 1 aliphatic rings. The molecule has 0 bridgehead atoms. The van der Waals surface area contributed by atoms with Gasteiger partial charge < -0.3 is 0 Å². The van der Waals surface area contributed by atoms with Crippen molar-refractivity contribution in [3.05, 3.63) is 30.3 Å². The summed E-state index contributed by atoms with van der Waals surface area (Å²) in [5.41, 5.74) is 0. The second-order valence-corrected chi connectivity index (χ2v) is 6.27. The van der Waals surface area contributed by atoms with E-state index < -0.39 is 22.0 Å². The molecular formula is C10H12N2O3S2. The lowest BCUT2D eigenvalue weighted by Crippen LogP contribution is -2.44. The predicted octanol–water partition coefficient (Wildman–Crippen LogP) is 0.154. The number of hydrogen-bond acceptors (Lipinski definition) is 5. The number of carbonyl (C=O) groups excluding carboxylic acids is 1. The fraction of sp³-hybridized carbons (Fsp3) is 0.300. The zero-order valence-electron chi connectivity index (χ0n) is 8.92. The highest BCUT2D eigenvalue weighted by molar-refractivity contribution is 7.99. The van der Waals surface area contributed by atoms with Crippen molar-refractivity contribution in [1.82, 2.24) is 10.0 Å². The third-order valence-electron chi connectivity index (χ3n) is 2.32. The van der Waals surface area contributed by atoms with Gasteiger partial charge in [0, 0.05) is 11.6 Å². The highest BCUT2D eigenvalue weighted by atomic mass is 32.2. The fourth-order valence-corrected chi connectivity index (χ4v) is 3.41. The number of thioether (sulfide) groups is 1. The Morgan fingerprint density at radius 1 is 1.35 bits per heavy atom. The summed E-state index contributed by atoms with van der Waals surface area (Å²) in [7, 11) is -3.75. The SMILES string of the molecule is O=C(NS(=O)(=O)c1ccccc1)C1CSCN1. The Bertz CT molecular complexity index is 496. The first kappa shape index (κ1) is 12.4.